The van der Waals surface area contributed by atoms with Crippen molar-refractivity contribution in [2.24, 2.45) is 0 Å². The zero-order valence-electron chi connectivity index (χ0n) is 5.83. The molecule has 62 valence electrons. The largest absolute Gasteiger partial charge is 0.479 e. The fourth-order valence-electron chi connectivity index (χ4n) is 1.07. The molecule has 0 aromatic carbocycles. The van der Waals surface area contributed by atoms with Crippen LogP contribution in [0, 0.1) is 0 Å². The number of aliphatic hydroxyl groups is 1. The fourth-order valence-corrected chi connectivity index (χ4v) is 1.07. The molecule has 1 heterocycles. The van der Waals surface area contributed by atoms with Gasteiger partial charge in [-0.05, 0) is 6.42 Å². The maximum atomic E-state index is 10.6. The van der Waals surface area contributed by atoms with Gasteiger partial charge in [0.15, 0.2) is 5.54 Å². The smallest absolute Gasteiger partial charge is 0.331 e. The minimum absolute atomic E-state index is 0.164. The molecule has 0 radical (unpaired) electrons. The van der Waals surface area contributed by atoms with E-state index < -0.39 is 18.1 Å². The first-order chi connectivity index (χ1) is 5.10. The molecule has 5 nitrogen and oxygen atoms in total. The average Bonchev–Trinajstić information content (AvgIpc) is 2.33. The lowest BCUT2D eigenvalue weighted by Crippen LogP contribution is -2.51. The molecule has 1 aliphatic heterocycles. The molecular formula is C6H9NO4. The van der Waals surface area contributed by atoms with Crippen LogP contribution in [0.25, 0.3) is 0 Å². The van der Waals surface area contributed by atoms with E-state index in [0.29, 0.717) is 0 Å². The van der Waals surface area contributed by atoms with Crippen molar-refractivity contribution < 1.29 is 19.8 Å². The van der Waals surface area contributed by atoms with Gasteiger partial charge in [-0.25, -0.2) is 4.79 Å². The molecule has 0 spiro atoms. The molecule has 0 unspecified atom stereocenters. The summed E-state index contributed by atoms with van der Waals surface area (Å²) in [6.45, 7) is -0.548. The van der Waals surface area contributed by atoms with E-state index in [9.17, 15) is 9.59 Å². The molecule has 1 atom stereocenters. The van der Waals surface area contributed by atoms with E-state index in [0.717, 1.165) is 0 Å². The van der Waals surface area contributed by atoms with Crippen LogP contribution in [0.15, 0.2) is 0 Å². The van der Waals surface area contributed by atoms with Gasteiger partial charge in [-0.1, -0.05) is 0 Å². The van der Waals surface area contributed by atoms with Gasteiger partial charge in [0, 0.05) is 6.42 Å². The summed E-state index contributed by atoms with van der Waals surface area (Å²) in [5.74, 6) is -1.49. The molecule has 1 rings (SSSR count). The number of nitrogens with one attached hydrogen (secondary N) is 1. The van der Waals surface area contributed by atoms with Crippen LogP contribution in [-0.2, 0) is 9.59 Å². The Hall–Kier alpha value is -1.10. The van der Waals surface area contributed by atoms with E-state index in [1.165, 1.54) is 0 Å². The summed E-state index contributed by atoms with van der Waals surface area (Å²) in [5.41, 5.74) is -1.42. The molecular weight excluding hydrogens is 150 g/mol. The zero-order chi connectivity index (χ0) is 8.48. The van der Waals surface area contributed by atoms with Crippen molar-refractivity contribution in [2.75, 3.05) is 6.61 Å². The van der Waals surface area contributed by atoms with Crippen molar-refractivity contribution in [3.8, 4) is 0 Å². The third-order valence-electron chi connectivity index (χ3n) is 1.84. The minimum atomic E-state index is -1.42. The maximum absolute atomic E-state index is 10.6. The molecule has 3 N–H and O–H groups in total. The Balaban J connectivity index is 2.78. The van der Waals surface area contributed by atoms with Gasteiger partial charge >= 0.3 is 5.97 Å². The van der Waals surface area contributed by atoms with Gasteiger partial charge in [0.2, 0.25) is 5.91 Å². The van der Waals surface area contributed by atoms with Crippen LogP contribution in [0.2, 0.25) is 0 Å². The highest BCUT2D eigenvalue weighted by Crippen LogP contribution is 2.19. The summed E-state index contributed by atoms with van der Waals surface area (Å²) >= 11 is 0. The molecule has 1 fully saturated rings. The van der Waals surface area contributed by atoms with E-state index >= 15 is 0 Å². The Bertz CT molecular complexity index is 203. The number of hydrogen-bond acceptors (Lipinski definition) is 3. The van der Waals surface area contributed by atoms with Gasteiger partial charge in [-0.3, -0.25) is 4.79 Å². The number of carbonyl (C=O) groups excluding carboxylic acids is 1. The van der Waals surface area contributed by atoms with Gasteiger partial charge in [0.25, 0.3) is 0 Å². The molecule has 5 heteroatoms. The summed E-state index contributed by atoms with van der Waals surface area (Å²) in [6, 6.07) is 0. The van der Waals surface area contributed by atoms with E-state index in [1.54, 1.807) is 0 Å². The van der Waals surface area contributed by atoms with Crippen molar-refractivity contribution in [3.63, 3.8) is 0 Å². The molecule has 1 aliphatic rings. The topological polar surface area (TPSA) is 86.6 Å². The first-order valence-electron chi connectivity index (χ1n) is 3.26. The number of aliphatic carboxylic acids is 1. The van der Waals surface area contributed by atoms with E-state index in [4.69, 9.17) is 10.2 Å². The van der Waals surface area contributed by atoms with Crippen LogP contribution in [0.3, 0.4) is 0 Å². The molecule has 0 bridgehead atoms. The summed E-state index contributed by atoms with van der Waals surface area (Å²) < 4.78 is 0. The second-order valence-corrected chi connectivity index (χ2v) is 2.59. The van der Waals surface area contributed by atoms with Crippen LogP contribution >= 0.6 is 0 Å². The molecule has 11 heavy (non-hydrogen) atoms. The summed E-state index contributed by atoms with van der Waals surface area (Å²) in [4.78, 5) is 21.2. The molecule has 1 amide bonds. The van der Waals surface area contributed by atoms with Crippen LogP contribution < -0.4 is 5.32 Å². The predicted molar refractivity (Wildman–Crippen MR) is 34.8 cm³/mol. The Morgan fingerprint density at radius 3 is 2.55 bits per heavy atom. The molecule has 0 aromatic heterocycles. The highest BCUT2D eigenvalue weighted by Gasteiger charge is 2.44. The van der Waals surface area contributed by atoms with Crippen LogP contribution in [0.5, 0.6) is 0 Å². The molecule has 1 saturated heterocycles. The Morgan fingerprint density at radius 1 is 1.73 bits per heavy atom. The van der Waals surface area contributed by atoms with E-state index in [1.807, 2.05) is 0 Å². The highest BCUT2D eigenvalue weighted by atomic mass is 16.4. The van der Waals surface area contributed by atoms with Gasteiger partial charge in [-0.15, -0.1) is 0 Å². The summed E-state index contributed by atoms with van der Waals surface area (Å²) in [6.07, 6.45) is 0.338. The Morgan fingerprint density at radius 2 is 2.36 bits per heavy atom. The number of rotatable bonds is 2. The summed E-state index contributed by atoms with van der Waals surface area (Å²) in [7, 11) is 0. The third kappa shape index (κ3) is 1.19. The molecule has 0 aromatic rings. The van der Waals surface area contributed by atoms with Crippen LogP contribution in [-0.4, -0.2) is 34.2 Å². The molecule has 0 saturated carbocycles. The standard InChI is InChI=1S/C6H9NO4/c8-3-6(5(10)11)2-1-4(9)7-6/h8H,1-3H2,(H,7,9)(H,10,11)/t6-/m0/s1. The lowest BCUT2D eigenvalue weighted by atomic mass is 9.99. The van der Waals surface area contributed by atoms with E-state index in [2.05, 4.69) is 5.32 Å². The number of hydrogen-bond donors (Lipinski definition) is 3. The van der Waals surface area contributed by atoms with Crippen molar-refractivity contribution in [1.82, 2.24) is 5.32 Å². The molecule has 0 aliphatic carbocycles. The van der Waals surface area contributed by atoms with Crippen LogP contribution in [0.1, 0.15) is 12.8 Å². The second kappa shape index (κ2) is 2.50. The Labute approximate surface area is 63.0 Å². The number of carboxylic acids is 1. The van der Waals surface area contributed by atoms with Crippen molar-refractivity contribution in [2.45, 2.75) is 18.4 Å². The number of carboxylic acid groups (broad SMARTS) is 1. The highest BCUT2D eigenvalue weighted by molar-refractivity contribution is 5.90. The summed E-state index contributed by atoms with van der Waals surface area (Å²) in [5, 5.41) is 19.5. The van der Waals surface area contributed by atoms with Gasteiger partial charge in [0.1, 0.15) is 0 Å². The van der Waals surface area contributed by atoms with Gasteiger partial charge < -0.3 is 15.5 Å². The zero-order valence-corrected chi connectivity index (χ0v) is 5.83. The first-order valence-corrected chi connectivity index (χ1v) is 3.26. The van der Waals surface area contributed by atoms with Crippen molar-refractivity contribution in [1.29, 1.82) is 0 Å². The number of aliphatic hydroxyl groups excluding tert-OH is 1. The second-order valence-electron chi connectivity index (χ2n) is 2.59. The monoisotopic (exact) mass is 159 g/mol. The first kappa shape index (κ1) is 8.00. The number of amides is 1. The van der Waals surface area contributed by atoms with Crippen molar-refractivity contribution in [3.05, 3.63) is 0 Å². The SMILES string of the molecule is O=C1CC[C@](CO)(C(=O)O)N1. The lowest BCUT2D eigenvalue weighted by molar-refractivity contribution is -0.147. The third-order valence-corrected chi connectivity index (χ3v) is 1.84. The average molecular weight is 159 g/mol. The quantitative estimate of drug-likeness (QED) is 0.468. The van der Waals surface area contributed by atoms with Crippen LogP contribution in [0.4, 0.5) is 0 Å². The predicted octanol–water partition coefficient (Wildman–Crippen LogP) is -1.29. The fraction of sp³-hybridized carbons (Fsp3) is 0.667. The van der Waals surface area contributed by atoms with Crippen molar-refractivity contribution >= 4 is 11.9 Å². The van der Waals surface area contributed by atoms with E-state index in [-0.39, 0.29) is 18.7 Å². The van der Waals surface area contributed by atoms with Gasteiger partial charge in [-0.2, -0.15) is 0 Å². The Kier molecular flexibility index (Phi) is 1.82. The lowest BCUT2D eigenvalue weighted by Gasteiger charge is -2.20. The minimum Gasteiger partial charge on any atom is -0.479 e. The number of carbonyl (C=O) groups is 2. The van der Waals surface area contributed by atoms with Gasteiger partial charge in [0.05, 0.1) is 6.61 Å². The normalized spacial score (nSPS) is 30.1. The maximum Gasteiger partial charge on any atom is 0.331 e.